The van der Waals surface area contributed by atoms with Crippen LogP contribution in [0.2, 0.25) is 0 Å². The van der Waals surface area contributed by atoms with Crippen LogP contribution in [0.3, 0.4) is 0 Å². The maximum absolute atomic E-state index is 4.67. The zero-order chi connectivity index (χ0) is 11.9. The Hall–Kier alpha value is -0.360. The third-order valence-corrected chi connectivity index (χ3v) is 5.08. The number of rotatable bonds is 3. The van der Waals surface area contributed by atoms with Gasteiger partial charge in [-0.2, -0.15) is 5.10 Å². The normalized spacial score (nSPS) is 17.1. The average Bonchev–Trinajstić information content (AvgIpc) is 2.95. The molecule has 1 aliphatic carbocycles. The molecule has 1 saturated carbocycles. The Morgan fingerprint density at radius 1 is 1.29 bits per heavy atom. The number of alkyl halides is 1. The monoisotopic (exact) mass is 402 g/mol. The molecule has 0 spiro atoms. The summed E-state index contributed by atoms with van der Waals surface area (Å²) in [5.74, 6) is 0. The van der Waals surface area contributed by atoms with Gasteiger partial charge in [-0.1, -0.05) is 52.9 Å². The predicted octanol–water partition coefficient (Wildman–Crippen LogP) is 4.28. The van der Waals surface area contributed by atoms with E-state index in [9.17, 15) is 0 Å². The largest absolute Gasteiger partial charge is 0.257 e. The van der Waals surface area contributed by atoms with Gasteiger partial charge in [0.05, 0.1) is 12.2 Å². The fourth-order valence-electron chi connectivity index (χ4n) is 1.82. The van der Waals surface area contributed by atoms with Crippen molar-refractivity contribution in [3.63, 3.8) is 0 Å². The minimum Gasteiger partial charge on any atom is -0.257 e. The highest BCUT2D eigenvalue weighted by Gasteiger charge is 2.40. The Balaban J connectivity index is 1.90. The van der Waals surface area contributed by atoms with Crippen LogP contribution in [0.5, 0.6) is 0 Å². The first-order chi connectivity index (χ1) is 8.16. The van der Waals surface area contributed by atoms with Crippen LogP contribution in [0.15, 0.2) is 41.0 Å². The van der Waals surface area contributed by atoms with Crippen molar-refractivity contribution >= 4 is 38.5 Å². The first-order valence-corrected chi connectivity index (χ1v) is 7.51. The van der Waals surface area contributed by atoms with Crippen LogP contribution in [0.1, 0.15) is 12.8 Å². The second-order valence-electron chi connectivity index (χ2n) is 4.53. The molecule has 1 fully saturated rings. The van der Waals surface area contributed by atoms with E-state index in [4.69, 9.17) is 0 Å². The summed E-state index contributed by atoms with van der Waals surface area (Å²) in [6, 6.07) is 12.4. The van der Waals surface area contributed by atoms with Crippen molar-refractivity contribution < 1.29 is 0 Å². The maximum Gasteiger partial charge on any atom is 0.104 e. The van der Waals surface area contributed by atoms with E-state index in [2.05, 4.69) is 66.5 Å². The molecule has 1 aromatic heterocycles. The molecule has 0 aliphatic heterocycles. The first-order valence-electron chi connectivity index (χ1n) is 5.64. The molecule has 0 N–H and O–H groups in total. The molecule has 1 aromatic carbocycles. The Bertz CT molecular complexity index is 532. The van der Waals surface area contributed by atoms with E-state index in [0.29, 0.717) is 3.42 Å². The van der Waals surface area contributed by atoms with E-state index in [1.165, 1.54) is 18.4 Å². The molecule has 0 saturated heterocycles. The van der Waals surface area contributed by atoms with Crippen molar-refractivity contribution in [2.75, 3.05) is 0 Å². The third-order valence-electron chi connectivity index (χ3n) is 3.03. The number of hydrogen-bond acceptors (Lipinski definition) is 1. The van der Waals surface area contributed by atoms with Gasteiger partial charge in [0.15, 0.2) is 0 Å². The Morgan fingerprint density at radius 2 is 2.00 bits per heavy atom. The highest BCUT2D eigenvalue weighted by atomic mass is 127. The van der Waals surface area contributed by atoms with Gasteiger partial charge in [-0.25, -0.2) is 0 Å². The molecule has 2 aromatic rings. The second kappa shape index (κ2) is 4.39. The summed E-state index contributed by atoms with van der Waals surface area (Å²) in [5.41, 5.74) is 2.21. The number of nitrogens with zero attached hydrogens (tertiary/aromatic N) is 2. The van der Waals surface area contributed by atoms with Gasteiger partial charge in [0.25, 0.3) is 0 Å². The van der Waals surface area contributed by atoms with Crippen LogP contribution >= 0.6 is 38.5 Å². The molecule has 1 heterocycles. The van der Waals surface area contributed by atoms with Gasteiger partial charge < -0.3 is 0 Å². The second-order valence-corrected chi connectivity index (χ2v) is 7.63. The Morgan fingerprint density at radius 3 is 2.65 bits per heavy atom. The highest BCUT2D eigenvalue weighted by molar-refractivity contribution is 14.1. The van der Waals surface area contributed by atoms with Gasteiger partial charge in [-0.3, -0.25) is 4.68 Å². The van der Waals surface area contributed by atoms with Gasteiger partial charge in [0.2, 0.25) is 0 Å². The molecule has 0 amide bonds. The number of hydrogen-bond donors (Lipinski definition) is 0. The number of aromatic nitrogens is 2. The van der Waals surface area contributed by atoms with E-state index >= 15 is 0 Å². The van der Waals surface area contributed by atoms with Gasteiger partial charge in [0.1, 0.15) is 4.60 Å². The van der Waals surface area contributed by atoms with Crippen LogP contribution in [0.25, 0.3) is 11.3 Å². The van der Waals surface area contributed by atoms with Crippen LogP contribution in [-0.4, -0.2) is 13.2 Å². The lowest BCUT2D eigenvalue weighted by Crippen LogP contribution is -2.11. The van der Waals surface area contributed by atoms with Gasteiger partial charge in [-0.15, -0.1) is 0 Å². The minimum atomic E-state index is 0.445. The molecule has 0 unspecified atom stereocenters. The topological polar surface area (TPSA) is 17.8 Å². The zero-order valence-corrected chi connectivity index (χ0v) is 13.0. The number of halogens is 2. The van der Waals surface area contributed by atoms with Crippen molar-refractivity contribution in [3.8, 4) is 11.3 Å². The summed E-state index contributed by atoms with van der Waals surface area (Å²) in [6.07, 6.45) is 2.61. The predicted molar refractivity (Wildman–Crippen MR) is 81.3 cm³/mol. The summed E-state index contributed by atoms with van der Waals surface area (Å²) < 4.78 is 3.58. The van der Waals surface area contributed by atoms with Crippen molar-refractivity contribution in [1.82, 2.24) is 9.78 Å². The van der Waals surface area contributed by atoms with Gasteiger partial charge in [0, 0.05) is 8.99 Å². The molecule has 0 atom stereocenters. The van der Waals surface area contributed by atoms with Crippen molar-refractivity contribution in [1.29, 1.82) is 0 Å². The van der Waals surface area contributed by atoms with Gasteiger partial charge >= 0.3 is 0 Å². The molecular weight excluding hydrogens is 391 g/mol. The SMILES string of the molecule is Brc1cc(-c2ccccc2)nn1CC1(I)CC1. The quantitative estimate of drug-likeness (QED) is 0.553. The van der Waals surface area contributed by atoms with Crippen molar-refractivity contribution in [3.05, 3.63) is 41.0 Å². The van der Waals surface area contributed by atoms with E-state index in [1.54, 1.807) is 0 Å². The fourth-order valence-corrected chi connectivity index (χ4v) is 2.83. The Labute approximate surface area is 123 Å². The summed E-state index contributed by atoms with van der Waals surface area (Å²) in [5, 5.41) is 4.67. The molecule has 1 aliphatic rings. The molecule has 4 heteroatoms. The summed E-state index contributed by atoms with van der Waals surface area (Å²) >= 11 is 6.14. The fraction of sp³-hybridized carbons (Fsp3) is 0.308. The number of benzene rings is 1. The van der Waals surface area contributed by atoms with Crippen LogP contribution in [0.4, 0.5) is 0 Å². The third kappa shape index (κ3) is 2.57. The lowest BCUT2D eigenvalue weighted by atomic mass is 10.2. The van der Waals surface area contributed by atoms with Crippen LogP contribution in [-0.2, 0) is 6.54 Å². The molecule has 88 valence electrons. The zero-order valence-electron chi connectivity index (χ0n) is 9.24. The maximum atomic E-state index is 4.67. The van der Waals surface area contributed by atoms with Crippen LogP contribution < -0.4 is 0 Å². The summed E-state index contributed by atoms with van der Waals surface area (Å²) in [6.45, 7) is 1.00. The smallest absolute Gasteiger partial charge is 0.104 e. The van der Waals surface area contributed by atoms with E-state index in [-0.39, 0.29) is 0 Å². The summed E-state index contributed by atoms with van der Waals surface area (Å²) in [4.78, 5) is 0. The molecule has 3 rings (SSSR count). The summed E-state index contributed by atoms with van der Waals surface area (Å²) in [7, 11) is 0. The van der Waals surface area contributed by atoms with E-state index in [0.717, 1.165) is 16.8 Å². The molecule has 2 nitrogen and oxygen atoms in total. The van der Waals surface area contributed by atoms with Crippen molar-refractivity contribution in [2.45, 2.75) is 22.8 Å². The standard InChI is InChI=1S/C13H12BrIN2/c14-12-8-11(10-4-2-1-3-5-10)16-17(12)9-13(15)6-7-13/h1-5,8H,6-7,9H2. The lowest BCUT2D eigenvalue weighted by molar-refractivity contribution is 0.591. The first kappa shape index (κ1) is 11.7. The van der Waals surface area contributed by atoms with Gasteiger partial charge in [-0.05, 0) is 34.8 Å². The molecule has 17 heavy (non-hydrogen) atoms. The average molecular weight is 403 g/mol. The minimum absolute atomic E-state index is 0.445. The Kier molecular flexibility index (Phi) is 3.02. The van der Waals surface area contributed by atoms with Crippen molar-refractivity contribution in [2.24, 2.45) is 0 Å². The molecular formula is C13H12BrIN2. The molecule has 0 bridgehead atoms. The molecule has 0 radical (unpaired) electrons. The van der Waals surface area contributed by atoms with E-state index in [1.807, 2.05) is 18.2 Å². The van der Waals surface area contributed by atoms with E-state index < -0.39 is 0 Å². The highest BCUT2D eigenvalue weighted by Crippen LogP contribution is 2.46. The lowest BCUT2D eigenvalue weighted by Gasteiger charge is -2.07. The van der Waals surface area contributed by atoms with Crippen LogP contribution in [0, 0.1) is 0 Å².